The SMILES string of the molecule is Cc1cc(OCC(C2CCCCC2)n2c(-c3ccc(Cl)cc3)nc3cc(F)c(F)cc32)cc(C)c1C(=O)O. The number of carboxylic acid groups (broad SMARTS) is 1. The van der Waals surface area contributed by atoms with Crippen molar-refractivity contribution in [2.45, 2.75) is 52.0 Å². The minimum atomic E-state index is -0.974. The number of imidazole rings is 1. The highest BCUT2D eigenvalue weighted by molar-refractivity contribution is 6.30. The van der Waals surface area contributed by atoms with E-state index in [0.29, 0.717) is 38.8 Å². The van der Waals surface area contributed by atoms with E-state index in [4.69, 9.17) is 21.3 Å². The molecule has 4 aromatic rings. The number of hydrogen-bond donors (Lipinski definition) is 1. The molecule has 38 heavy (non-hydrogen) atoms. The van der Waals surface area contributed by atoms with Crippen LogP contribution in [0, 0.1) is 31.4 Å². The Balaban J connectivity index is 1.62. The molecule has 0 bridgehead atoms. The van der Waals surface area contributed by atoms with Gasteiger partial charge in [-0.05, 0) is 80.1 Å². The fraction of sp³-hybridized carbons (Fsp3) is 0.333. The van der Waals surface area contributed by atoms with E-state index in [2.05, 4.69) is 0 Å². The van der Waals surface area contributed by atoms with Crippen LogP contribution < -0.4 is 4.74 Å². The third-order valence-electron chi connectivity index (χ3n) is 7.50. The maximum Gasteiger partial charge on any atom is 0.336 e. The topological polar surface area (TPSA) is 64.4 Å². The first-order valence-electron chi connectivity index (χ1n) is 12.8. The summed E-state index contributed by atoms with van der Waals surface area (Å²) >= 11 is 6.13. The van der Waals surface area contributed by atoms with Crippen LogP contribution in [0.3, 0.4) is 0 Å². The van der Waals surface area contributed by atoms with Gasteiger partial charge in [-0.25, -0.2) is 18.6 Å². The van der Waals surface area contributed by atoms with Gasteiger partial charge in [-0.1, -0.05) is 30.9 Å². The molecule has 198 valence electrons. The molecule has 5 rings (SSSR count). The number of rotatable bonds is 7. The van der Waals surface area contributed by atoms with Crippen LogP contribution in [-0.4, -0.2) is 27.2 Å². The number of aromatic nitrogens is 2. The number of carbonyl (C=O) groups is 1. The lowest BCUT2D eigenvalue weighted by Crippen LogP contribution is -2.28. The van der Waals surface area contributed by atoms with Gasteiger partial charge in [0.2, 0.25) is 0 Å². The van der Waals surface area contributed by atoms with E-state index >= 15 is 0 Å². The molecule has 1 aliphatic rings. The second-order valence-corrected chi connectivity index (χ2v) is 10.5. The predicted molar refractivity (Wildman–Crippen MR) is 144 cm³/mol. The normalized spacial score (nSPS) is 15.1. The van der Waals surface area contributed by atoms with Crippen molar-refractivity contribution < 1.29 is 23.4 Å². The Bertz CT molecular complexity index is 1470. The molecular weight excluding hydrogens is 510 g/mol. The summed E-state index contributed by atoms with van der Waals surface area (Å²) < 4.78 is 37.1. The highest BCUT2D eigenvalue weighted by atomic mass is 35.5. The second kappa shape index (κ2) is 10.7. The summed E-state index contributed by atoms with van der Waals surface area (Å²) in [5, 5.41) is 10.1. The van der Waals surface area contributed by atoms with Gasteiger partial charge in [0.25, 0.3) is 0 Å². The third kappa shape index (κ3) is 5.12. The number of aromatic carboxylic acids is 1. The maximum atomic E-state index is 14.5. The van der Waals surface area contributed by atoms with Crippen molar-refractivity contribution in [3.05, 3.63) is 81.9 Å². The molecule has 8 heteroatoms. The summed E-state index contributed by atoms with van der Waals surface area (Å²) in [5.74, 6) is -1.45. The van der Waals surface area contributed by atoms with E-state index in [-0.39, 0.29) is 24.1 Å². The maximum absolute atomic E-state index is 14.5. The summed E-state index contributed by atoms with van der Waals surface area (Å²) in [7, 11) is 0. The molecule has 0 aliphatic heterocycles. The first kappa shape index (κ1) is 26.2. The molecule has 1 atom stereocenters. The van der Waals surface area contributed by atoms with Gasteiger partial charge >= 0.3 is 5.97 Å². The van der Waals surface area contributed by atoms with Crippen LogP contribution in [0.4, 0.5) is 8.78 Å². The van der Waals surface area contributed by atoms with Crippen LogP contribution in [0.5, 0.6) is 5.75 Å². The summed E-state index contributed by atoms with van der Waals surface area (Å²) in [6.07, 6.45) is 5.28. The highest BCUT2D eigenvalue weighted by Crippen LogP contribution is 2.39. The molecule has 1 fully saturated rings. The molecule has 1 heterocycles. The highest BCUT2D eigenvalue weighted by Gasteiger charge is 2.30. The average molecular weight is 539 g/mol. The summed E-state index contributed by atoms with van der Waals surface area (Å²) in [5.41, 5.74) is 3.16. The molecule has 0 spiro atoms. The van der Waals surface area contributed by atoms with Gasteiger partial charge in [0, 0.05) is 22.7 Å². The van der Waals surface area contributed by atoms with Gasteiger partial charge in [-0.3, -0.25) is 0 Å². The molecule has 5 nitrogen and oxygen atoms in total. The standard InChI is InChI=1S/C30H29ClF2N2O3/c1-17-12-22(13-18(2)28(17)30(36)37)38-16-27(19-6-4-3-5-7-19)35-26-15-24(33)23(32)14-25(26)34-29(35)20-8-10-21(31)11-9-20/h8-15,19,27H,3-7,16H2,1-2H3,(H,36,37). The van der Waals surface area contributed by atoms with E-state index in [1.807, 2.05) is 16.7 Å². The zero-order chi connectivity index (χ0) is 27.0. The van der Waals surface area contributed by atoms with Gasteiger partial charge in [0.15, 0.2) is 11.6 Å². The zero-order valence-electron chi connectivity index (χ0n) is 21.3. The van der Waals surface area contributed by atoms with Crippen LogP contribution in [-0.2, 0) is 0 Å². The van der Waals surface area contributed by atoms with Crippen LogP contribution in [0.25, 0.3) is 22.4 Å². The molecule has 1 N–H and O–H groups in total. The second-order valence-electron chi connectivity index (χ2n) is 10.1. The molecule has 3 aromatic carbocycles. The summed E-state index contributed by atoms with van der Waals surface area (Å²) in [6.45, 7) is 3.77. The molecule has 1 unspecified atom stereocenters. The lowest BCUT2D eigenvalue weighted by atomic mass is 9.83. The van der Waals surface area contributed by atoms with E-state index < -0.39 is 17.6 Å². The van der Waals surface area contributed by atoms with Gasteiger partial charge in [-0.2, -0.15) is 0 Å². The Morgan fingerprint density at radius 3 is 2.32 bits per heavy atom. The van der Waals surface area contributed by atoms with Crippen LogP contribution >= 0.6 is 11.6 Å². The molecular formula is C30H29ClF2N2O3. The molecule has 1 saturated carbocycles. The predicted octanol–water partition coefficient (Wildman–Crippen LogP) is 8.15. The number of benzene rings is 3. The molecule has 0 saturated heterocycles. The summed E-state index contributed by atoms with van der Waals surface area (Å²) in [4.78, 5) is 16.4. The van der Waals surface area contributed by atoms with Crippen LogP contribution in [0.2, 0.25) is 5.02 Å². The van der Waals surface area contributed by atoms with Crippen molar-refractivity contribution in [2.75, 3.05) is 6.61 Å². The fourth-order valence-corrected chi connectivity index (χ4v) is 5.82. The van der Waals surface area contributed by atoms with Crippen LogP contribution in [0.15, 0.2) is 48.5 Å². The van der Waals surface area contributed by atoms with E-state index in [9.17, 15) is 18.7 Å². The Morgan fingerprint density at radius 1 is 1.05 bits per heavy atom. The average Bonchev–Trinajstić information content (AvgIpc) is 3.23. The lowest BCUT2D eigenvalue weighted by molar-refractivity contribution is 0.0695. The van der Waals surface area contributed by atoms with Crippen molar-refractivity contribution >= 4 is 28.6 Å². The number of aryl methyl sites for hydroxylation is 2. The number of halogens is 3. The van der Waals surface area contributed by atoms with Crippen molar-refractivity contribution in [1.82, 2.24) is 9.55 Å². The lowest BCUT2D eigenvalue weighted by Gasteiger charge is -2.33. The number of ether oxygens (including phenoxy) is 1. The van der Waals surface area contributed by atoms with Crippen molar-refractivity contribution in [3.8, 4) is 17.1 Å². The van der Waals surface area contributed by atoms with Gasteiger partial charge in [-0.15, -0.1) is 0 Å². The smallest absolute Gasteiger partial charge is 0.336 e. The van der Waals surface area contributed by atoms with Crippen molar-refractivity contribution in [3.63, 3.8) is 0 Å². The fourth-order valence-electron chi connectivity index (χ4n) is 5.70. The minimum absolute atomic E-state index is 0.212. The monoisotopic (exact) mass is 538 g/mol. The molecule has 1 aromatic heterocycles. The molecule has 1 aliphatic carbocycles. The van der Waals surface area contributed by atoms with Crippen molar-refractivity contribution in [1.29, 1.82) is 0 Å². The Morgan fingerprint density at radius 2 is 1.68 bits per heavy atom. The van der Waals surface area contributed by atoms with E-state index in [1.54, 1.807) is 38.1 Å². The number of carboxylic acids is 1. The van der Waals surface area contributed by atoms with Gasteiger partial charge in [0.05, 0.1) is 22.6 Å². The van der Waals surface area contributed by atoms with Crippen LogP contribution in [0.1, 0.15) is 59.6 Å². The third-order valence-corrected chi connectivity index (χ3v) is 7.75. The van der Waals surface area contributed by atoms with Gasteiger partial charge in [0.1, 0.15) is 18.2 Å². The first-order chi connectivity index (χ1) is 18.2. The Labute approximate surface area is 225 Å². The minimum Gasteiger partial charge on any atom is -0.491 e. The summed E-state index contributed by atoms with van der Waals surface area (Å²) in [6, 6.07) is 12.8. The van der Waals surface area contributed by atoms with E-state index in [0.717, 1.165) is 43.7 Å². The molecule has 0 radical (unpaired) electrons. The number of nitrogens with zero attached hydrogens (tertiary/aromatic N) is 2. The quantitative estimate of drug-likeness (QED) is 0.258. The van der Waals surface area contributed by atoms with E-state index in [1.165, 1.54) is 6.07 Å². The largest absolute Gasteiger partial charge is 0.491 e. The Hall–Kier alpha value is -3.45. The molecule has 0 amide bonds. The first-order valence-corrected chi connectivity index (χ1v) is 13.2. The number of hydrogen-bond acceptors (Lipinski definition) is 3. The van der Waals surface area contributed by atoms with Crippen molar-refractivity contribution in [2.24, 2.45) is 5.92 Å². The number of fused-ring (bicyclic) bond motifs is 1. The Kier molecular flexibility index (Phi) is 7.39. The zero-order valence-corrected chi connectivity index (χ0v) is 22.1. The van der Waals surface area contributed by atoms with Gasteiger partial charge < -0.3 is 14.4 Å².